The second kappa shape index (κ2) is 8.87. The van der Waals surface area contributed by atoms with Gasteiger partial charge in [0.2, 0.25) is 0 Å². The number of benzene rings is 1. The number of anilines is 3. The maximum atomic E-state index is 12.9. The molecule has 0 saturated heterocycles. The van der Waals surface area contributed by atoms with Crippen molar-refractivity contribution in [1.82, 2.24) is 14.7 Å². The number of carbonyl (C=O) groups excluding carboxylic acids is 1. The van der Waals surface area contributed by atoms with Crippen LogP contribution in [0, 0.1) is 0 Å². The van der Waals surface area contributed by atoms with Crippen LogP contribution in [0.5, 0.6) is 5.75 Å². The second-order valence-electron chi connectivity index (χ2n) is 6.70. The summed E-state index contributed by atoms with van der Waals surface area (Å²) in [5.41, 5.74) is -0.667. The number of aryl methyl sites for hydroxylation is 1. The highest BCUT2D eigenvalue weighted by atomic mass is 32.1. The number of hydrogen-bond donors (Lipinski definition) is 4. The number of rotatable bonds is 7. The van der Waals surface area contributed by atoms with E-state index in [-0.39, 0.29) is 40.8 Å². The molecule has 0 spiro atoms. The number of nitrogens with one attached hydrogen (secondary N) is 3. The van der Waals surface area contributed by atoms with Gasteiger partial charge in [-0.1, -0.05) is 12.1 Å². The molecule has 0 radical (unpaired) electrons. The molecule has 2 heterocycles. The predicted octanol–water partition coefficient (Wildman–Crippen LogP) is 2.38. The van der Waals surface area contributed by atoms with E-state index in [0.29, 0.717) is 6.54 Å². The van der Waals surface area contributed by atoms with Crippen molar-refractivity contribution in [3.05, 3.63) is 66.9 Å². The van der Waals surface area contributed by atoms with Crippen LogP contribution in [0.15, 0.2) is 45.3 Å². The Balaban J connectivity index is 2.05. The van der Waals surface area contributed by atoms with Crippen LogP contribution in [-0.2, 0) is 13.1 Å². The van der Waals surface area contributed by atoms with Crippen LogP contribution in [0.25, 0.3) is 0 Å². The topological polar surface area (TPSA) is 119 Å². The molecule has 158 valence electrons. The van der Waals surface area contributed by atoms with Crippen molar-refractivity contribution in [2.24, 2.45) is 0 Å². The average Bonchev–Trinajstić information content (AvgIpc) is 3.24. The van der Waals surface area contributed by atoms with Crippen molar-refractivity contribution in [2.75, 3.05) is 24.7 Å². The fourth-order valence-corrected chi connectivity index (χ4v) is 3.52. The summed E-state index contributed by atoms with van der Waals surface area (Å²) < 4.78 is 1.17. The smallest absolute Gasteiger partial charge is 0.291 e. The largest absolute Gasteiger partial charge is 0.505 e. The maximum Gasteiger partial charge on any atom is 0.291 e. The summed E-state index contributed by atoms with van der Waals surface area (Å²) in [6.45, 7) is 2.35. The van der Waals surface area contributed by atoms with Crippen LogP contribution in [0.1, 0.15) is 22.2 Å². The minimum absolute atomic E-state index is 0.0121. The van der Waals surface area contributed by atoms with E-state index in [9.17, 15) is 19.5 Å². The lowest BCUT2D eigenvalue weighted by Crippen LogP contribution is -2.33. The van der Waals surface area contributed by atoms with Crippen LogP contribution in [-0.4, -0.2) is 39.8 Å². The third kappa shape index (κ3) is 4.23. The number of aromatic nitrogens is 2. The number of aromatic hydroxyl groups is 1. The van der Waals surface area contributed by atoms with E-state index in [1.165, 1.54) is 33.1 Å². The normalized spacial score (nSPS) is 10.6. The van der Waals surface area contributed by atoms with Gasteiger partial charge in [-0.25, -0.2) is 4.68 Å². The van der Waals surface area contributed by atoms with Crippen molar-refractivity contribution >= 4 is 34.3 Å². The van der Waals surface area contributed by atoms with E-state index in [1.54, 1.807) is 27.1 Å². The van der Waals surface area contributed by atoms with Crippen LogP contribution in [0.3, 0.4) is 0 Å². The molecule has 0 aliphatic rings. The van der Waals surface area contributed by atoms with E-state index in [2.05, 4.69) is 15.7 Å². The summed E-state index contributed by atoms with van der Waals surface area (Å²) in [6.07, 6.45) is 0. The Bertz CT molecular complexity index is 1160. The number of aromatic amines is 1. The molecule has 9 nitrogen and oxygen atoms in total. The molecule has 3 rings (SSSR count). The average molecular weight is 430 g/mol. The Labute approximate surface area is 176 Å². The summed E-state index contributed by atoms with van der Waals surface area (Å²) >= 11 is 1.52. The van der Waals surface area contributed by atoms with Gasteiger partial charge in [0.05, 0.1) is 11.3 Å². The number of hydrogen-bond acceptors (Lipinski definition) is 7. The van der Waals surface area contributed by atoms with Gasteiger partial charge < -0.3 is 20.6 Å². The Hall–Kier alpha value is -3.53. The third-order valence-electron chi connectivity index (χ3n) is 4.44. The van der Waals surface area contributed by atoms with Gasteiger partial charge in [0.25, 0.3) is 17.0 Å². The first kappa shape index (κ1) is 21.2. The summed E-state index contributed by atoms with van der Waals surface area (Å²) in [7, 11) is 3.15. The predicted molar refractivity (Wildman–Crippen MR) is 118 cm³/mol. The summed E-state index contributed by atoms with van der Waals surface area (Å²) in [5, 5.41) is 20.9. The Kier molecular flexibility index (Phi) is 6.26. The molecular weight excluding hydrogens is 406 g/mol. The van der Waals surface area contributed by atoms with Crippen molar-refractivity contribution < 1.29 is 9.90 Å². The molecule has 3 aromatic rings. The molecule has 10 heteroatoms. The lowest BCUT2D eigenvalue weighted by atomic mass is 10.1. The number of amides is 1. The van der Waals surface area contributed by atoms with Crippen molar-refractivity contribution in [2.45, 2.75) is 20.0 Å². The first-order valence-electron chi connectivity index (χ1n) is 9.27. The molecule has 0 atom stereocenters. The summed E-state index contributed by atoms with van der Waals surface area (Å²) in [6, 6.07) is 8.41. The van der Waals surface area contributed by atoms with Gasteiger partial charge in [-0.3, -0.25) is 19.5 Å². The zero-order chi connectivity index (χ0) is 21.8. The molecule has 0 saturated carbocycles. The van der Waals surface area contributed by atoms with Gasteiger partial charge in [-0.05, 0) is 30.5 Å². The fourth-order valence-electron chi connectivity index (χ4n) is 2.87. The quantitative estimate of drug-likeness (QED) is 0.428. The van der Waals surface area contributed by atoms with Crippen molar-refractivity contribution in [1.29, 1.82) is 0 Å². The van der Waals surface area contributed by atoms with E-state index < -0.39 is 11.1 Å². The van der Waals surface area contributed by atoms with Crippen LogP contribution in [0.2, 0.25) is 0 Å². The van der Waals surface area contributed by atoms with Crippen LogP contribution < -0.4 is 21.8 Å². The zero-order valence-electron chi connectivity index (χ0n) is 16.9. The van der Waals surface area contributed by atoms with E-state index in [1.807, 2.05) is 17.5 Å². The zero-order valence-corrected chi connectivity index (χ0v) is 17.7. The molecule has 1 amide bonds. The fraction of sp³-hybridized carbons (Fsp3) is 0.250. The van der Waals surface area contributed by atoms with Gasteiger partial charge in [-0.15, -0.1) is 11.3 Å². The third-order valence-corrected chi connectivity index (χ3v) is 5.32. The molecule has 1 aromatic carbocycles. The molecule has 0 aliphatic heterocycles. The minimum Gasteiger partial charge on any atom is -0.505 e. The number of phenolic OH excluding ortho intramolecular Hbond substituents is 1. The van der Waals surface area contributed by atoms with Gasteiger partial charge in [0, 0.05) is 32.1 Å². The standard InChI is InChI=1S/C20H23N5O4S/c1-4-25-20(29)16(15(18(27)23-25)21-11-12-7-6-10-30-12)22-14-9-5-8-13(17(14)26)19(28)24(2)3/h5-10,21-22,26H,4,11H2,1-3H3,(H,23,27). The highest BCUT2D eigenvalue weighted by molar-refractivity contribution is 7.09. The summed E-state index contributed by atoms with van der Waals surface area (Å²) in [4.78, 5) is 40.2. The van der Waals surface area contributed by atoms with E-state index in [4.69, 9.17) is 0 Å². The van der Waals surface area contributed by atoms with Gasteiger partial charge in [0.15, 0.2) is 5.75 Å². The molecule has 0 aliphatic carbocycles. The minimum atomic E-state index is -0.476. The highest BCUT2D eigenvalue weighted by Crippen LogP contribution is 2.31. The number of para-hydroxylation sites is 1. The second-order valence-corrected chi connectivity index (χ2v) is 7.73. The number of H-pyrrole nitrogens is 1. The number of nitrogens with zero attached hydrogens (tertiary/aromatic N) is 2. The van der Waals surface area contributed by atoms with Crippen molar-refractivity contribution in [3.8, 4) is 5.75 Å². The molecule has 30 heavy (non-hydrogen) atoms. The van der Waals surface area contributed by atoms with E-state index in [0.717, 1.165) is 4.88 Å². The van der Waals surface area contributed by atoms with Crippen LogP contribution >= 0.6 is 11.3 Å². The Morgan fingerprint density at radius 1 is 1.20 bits per heavy atom. The van der Waals surface area contributed by atoms with Crippen molar-refractivity contribution in [3.63, 3.8) is 0 Å². The maximum absolute atomic E-state index is 12.9. The lowest BCUT2D eigenvalue weighted by molar-refractivity contribution is 0.0824. The Morgan fingerprint density at radius 2 is 1.97 bits per heavy atom. The lowest BCUT2D eigenvalue weighted by Gasteiger charge is -2.17. The van der Waals surface area contributed by atoms with Crippen LogP contribution in [0.4, 0.5) is 17.1 Å². The summed E-state index contributed by atoms with van der Waals surface area (Å²) in [5.74, 6) is -0.688. The number of carbonyl (C=O) groups is 1. The van der Waals surface area contributed by atoms with Gasteiger partial charge >= 0.3 is 0 Å². The van der Waals surface area contributed by atoms with E-state index >= 15 is 0 Å². The molecular formula is C20H23N5O4S. The molecule has 0 fully saturated rings. The molecule has 0 bridgehead atoms. The Morgan fingerprint density at radius 3 is 2.60 bits per heavy atom. The SMILES string of the molecule is CCn1[nH]c(=O)c(NCc2cccs2)c(Nc2cccc(C(=O)N(C)C)c2O)c1=O. The number of phenols is 1. The van der Waals surface area contributed by atoms with Gasteiger partial charge in [0.1, 0.15) is 11.4 Å². The monoisotopic (exact) mass is 429 g/mol. The highest BCUT2D eigenvalue weighted by Gasteiger charge is 2.20. The first-order valence-corrected chi connectivity index (χ1v) is 10.2. The molecule has 4 N–H and O–H groups in total. The molecule has 0 unspecified atom stereocenters. The number of thiophene rings is 1. The molecule has 2 aromatic heterocycles. The van der Waals surface area contributed by atoms with Gasteiger partial charge in [-0.2, -0.15) is 0 Å². The first-order chi connectivity index (χ1) is 14.3.